The minimum atomic E-state index is 0.874. The molecule has 0 aliphatic carbocycles. The Morgan fingerprint density at radius 1 is 0.960 bits per heavy atom. The molecule has 2 N–H and O–H groups in total. The van der Waals surface area contributed by atoms with Crippen molar-refractivity contribution in [3.05, 3.63) is 53.6 Å². The summed E-state index contributed by atoms with van der Waals surface area (Å²) in [6, 6.07) is 7.82. The number of aromatic amines is 1. The van der Waals surface area contributed by atoms with Crippen LogP contribution in [0, 0.1) is 4.51 Å². The summed E-state index contributed by atoms with van der Waals surface area (Å²) in [5, 5.41) is 3.51. The van der Waals surface area contributed by atoms with Gasteiger partial charge in [0.1, 0.15) is 0 Å². The molecule has 138 valence electrons. The lowest BCUT2D eigenvalue weighted by atomic mass is 10.1. The van der Waals surface area contributed by atoms with E-state index in [4.69, 9.17) is 12.2 Å². The number of H-pyrrole nitrogens is 1. The highest BCUT2D eigenvalue weighted by molar-refractivity contribution is 7.99. The fraction of sp³-hybridized carbons (Fsp3) is 0.500. The zero-order valence-electron chi connectivity index (χ0n) is 15.2. The number of nitrogens with one attached hydrogen (secondary N) is 2. The molecule has 0 spiro atoms. The Balaban J connectivity index is 0.000000370. The highest BCUT2D eigenvalue weighted by atomic mass is 32.2. The Morgan fingerprint density at radius 3 is 2.28 bits per heavy atom. The van der Waals surface area contributed by atoms with Crippen LogP contribution in [0.1, 0.15) is 45.4 Å². The Bertz CT molecular complexity index is 555. The third-order valence-electron chi connectivity index (χ3n) is 3.59. The molecule has 0 atom stereocenters. The zero-order valence-corrected chi connectivity index (χ0v) is 16.9. The minimum Gasteiger partial charge on any atom is -0.368 e. The summed E-state index contributed by atoms with van der Waals surface area (Å²) in [7, 11) is 0. The molecule has 0 saturated heterocycles. The van der Waals surface area contributed by atoms with Gasteiger partial charge in [-0.05, 0) is 37.2 Å². The van der Waals surface area contributed by atoms with Crippen molar-refractivity contribution in [1.29, 1.82) is 0 Å². The van der Waals surface area contributed by atoms with Crippen LogP contribution < -0.4 is 5.32 Å². The second kappa shape index (κ2) is 16.3. The molecule has 0 unspecified atom stereocenters. The van der Waals surface area contributed by atoms with Crippen LogP contribution in [0.3, 0.4) is 0 Å². The van der Waals surface area contributed by atoms with E-state index in [-0.39, 0.29) is 0 Å². The number of rotatable bonds is 11. The molecule has 0 saturated carbocycles. The number of nitrogens with zero attached hydrogens (tertiary/aromatic N) is 1. The molecule has 0 aliphatic heterocycles. The number of aromatic nitrogens is 2. The van der Waals surface area contributed by atoms with Gasteiger partial charge in [0, 0.05) is 46.5 Å². The average molecular weight is 378 g/mol. The predicted molar refractivity (Wildman–Crippen MR) is 113 cm³/mol. The molecular weight excluding hydrogens is 346 g/mol. The van der Waals surface area contributed by atoms with Crippen LogP contribution in [-0.4, -0.2) is 28.8 Å². The van der Waals surface area contributed by atoms with E-state index in [1.165, 1.54) is 50.0 Å². The molecule has 3 nitrogen and oxygen atoms in total. The number of unbranched alkanes of at least 4 members (excludes halogenated alkanes) is 5. The largest absolute Gasteiger partial charge is 0.368 e. The smallest absolute Gasteiger partial charge is 0.0406 e. The van der Waals surface area contributed by atoms with Crippen LogP contribution in [0.15, 0.2) is 53.9 Å². The molecule has 0 bridgehead atoms. The molecule has 25 heavy (non-hydrogen) atoms. The average Bonchev–Trinajstić information content (AvgIpc) is 2.65. The topological polar surface area (TPSA) is 40.7 Å². The Labute approximate surface area is 162 Å². The SMILES string of the molecule is CCCCCCCCNCCSc1ccncc1.S=c1cc[nH]cc1. The van der Waals surface area contributed by atoms with Crippen LogP contribution in [0.5, 0.6) is 0 Å². The third-order valence-corrected chi connectivity index (χ3v) is 4.88. The first-order valence-electron chi connectivity index (χ1n) is 9.19. The van der Waals surface area contributed by atoms with Crippen LogP contribution in [-0.2, 0) is 0 Å². The zero-order chi connectivity index (χ0) is 18.0. The molecule has 0 radical (unpaired) electrons. The normalized spacial score (nSPS) is 10.1. The van der Waals surface area contributed by atoms with E-state index in [2.05, 4.69) is 34.3 Å². The number of pyridine rings is 2. The lowest BCUT2D eigenvalue weighted by Crippen LogP contribution is -2.18. The van der Waals surface area contributed by atoms with E-state index < -0.39 is 0 Å². The highest BCUT2D eigenvalue weighted by Crippen LogP contribution is 2.14. The maximum atomic E-state index is 4.79. The van der Waals surface area contributed by atoms with Crippen molar-refractivity contribution >= 4 is 24.0 Å². The van der Waals surface area contributed by atoms with Crippen molar-refractivity contribution in [1.82, 2.24) is 15.3 Å². The van der Waals surface area contributed by atoms with Crippen molar-refractivity contribution in [2.24, 2.45) is 0 Å². The van der Waals surface area contributed by atoms with Crippen molar-refractivity contribution in [3.8, 4) is 0 Å². The van der Waals surface area contributed by atoms with E-state index in [1.54, 1.807) is 0 Å². The molecule has 0 fully saturated rings. The van der Waals surface area contributed by atoms with Crippen LogP contribution in [0.25, 0.3) is 0 Å². The van der Waals surface area contributed by atoms with E-state index >= 15 is 0 Å². The molecule has 0 aliphatic rings. The van der Waals surface area contributed by atoms with Gasteiger partial charge in [-0.2, -0.15) is 0 Å². The summed E-state index contributed by atoms with van der Waals surface area (Å²) in [5.41, 5.74) is 0. The van der Waals surface area contributed by atoms with E-state index in [0.717, 1.165) is 16.8 Å². The molecular formula is C20H31N3S2. The van der Waals surface area contributed by atoms with E-state index in [0.29, 0.717) is 0 Å². The van der Waals surface area contributed by atoms with Crippen LogP contribution >= 0.6 is 24.0 Å². The second-order valence-electron chi connectivity index (χ2n) is 5.78. The lowest BCUT2D eigenvalue weighted by Gasteiger charge is -2.04. The van der Waals surface area contributed by atoms with Crippen LogP contribution in [0.2, 0.25) is 0 Å². The summed E-state index contributed by atoms with van der Waals surface area (Å²) < 4.78 is 0.874. The lowest BCUT2D eigenvalue weighted by molar-refractivity contribution is 0.581. The van der Waals surface area contributed by atoms with Gasteiger partial charge in [0.05, 0.1) is 0 Å². The second-order valence-corrected chi connectivity index (χ2v) is 7.42. The standard InChI is InChI=1S/C15H26N2S.C5H5NS/c1-2-3-4-5-6-7-10-16-13-14-18-15-8-11-17-12-9-15;7-5-1-3-6-4-2-5/h8-9,11-12,16H,2-7,10,13-14H2,1H3;1-4H,(H,6,7). The van der Waals surface area contributed by atoms with Crippen LogP contribution in [0.4, 0.5) is 0 Å². The first-order chi connectivity index (χ1) is 12.3. The van der Waals surface area contributed by atoms with Gasteiger partial charge in [0.25, 0.3) is 0 Å². The van der Waals surface area contributed by atoms with Crippen molar-refractivity contribution in [3.63, 3.8) is 0 Å². The number of thioether (sulfide) groups is 1. The first kappa shape index (κ1) is 21.9. The molecule has 2 aromatic rings. The molecule has 0 aromatic carbocycles. The van der Waals surface area contributed by atoms with Gasteiger partial charge >= 0.3 is 0 Å². The van der Waals surface area contributed by atoms with Gasteiger partial charge in [-0.3, -0.25) is 4.98 Å². The summed E-state index contributed by atoms with van der Waals surface area (Å²) in [4.78, 5) is 8.19. The third kappa shape index (κ3) is 13.8. The predicted octanol–water partition coefficient (Wildman–Crippen LogP) is 5.87. The van der Waals surface area contributed by atoms with Crippen molar-refractivity contribution < 1.29 is 0 Å². The highest BCUT2D eigenvalue weighted by Gasteiger charge is 1.93. The monoisotopic (exact) mass is 377 g/mol. The van der Waals surface area contributed by atoms with Gasteiger partial charge in [-0.25, -0.2) is 0 Å². The first-order valence-corrected chi connectivity index (χ1v) is 10.6. The van der Waals surface area contributed by atoms with Gasteiger partial charge in [0.2, 0.25) is 0 Å². The van der Waals surface area contributed by atoms with Crippen molar-refractivity contribution in [2.75, 3.05) is 18.8 Å². The summed E-state index contributed by atoms with van der Waals surface area (Å²) in [6.45, 7) is 4.53. The van der Waals surface area contributed by atoms with E-state index in [1.807, 2.05) is 48.7 Å². The number of hydrogen-bond donors (Lipinski definition) is 2. The molecule has 2 aromatic heterocycles. The quantitative estimate of drug-likeness (QED) is 0.292. The maximum absolute atomic E-state index is 4.79. The summed E-state index contributed by atoms with van der Waals surface area (Å²) >= 11 is 6.68. The van der Waals surface area contributed by atoms with Gasteiger partial charge < -0.3 is 10.3 Å². The molecule has 2 rings (SSSR count). The maximum Gasteiger partial charge on any atom is 0.0406 e. The van der Waals surface area contributed by atoms with Crippen molar-refractivity contribution in [2.45, 2.75) is 50.3 Å². The molecule has 5 heteroatoms. The molecule has 0 amide bonds. The summed E-state index contributed by atoms with van der Waals surface area (Å²) in [5.74, 6) is 1.14. The Kier molecular flexibility index (Phi) is 14.3. The number of hydrogen-bond acceptors (Lipinski definition) is 4. The van der Waals surface area contributed by atoms with Gasteiger partial charge in [-0.1, -0.05) is 51.2 Å². The fourth-order valence-electron chi connectivity index (χ4n) is 2.20. The van der Waals surface area contributed by atoms with Gasteiger partial charge in [0.15, 0.2) is 0 Å². The minimum absolute atomic E-state index is 0.874. The Hall–Kier alpha value is -1.17. The Morgan fingerprint density at radius 2 is 1.64 bits per heavy atom. The van der Waals surface area contributed by atoms with Gasteiger partial charge in [-0.15, -0.1) is 11.8 Å². The van der Waals surface area contributed by atoms with E-state index in [9.17, 15) is 0 Å². The molecule has 2 heterocycles. The summed E-state index contributed by atoms with van der Waals surface area (Å²) in [6.07, 6.45) is 15.6. The fourth-order valence-corrected chi connectivity index (χ4v) is 3.13.